The zero-order valence-corrected chi connectivity index (χ0v) is 79.3. The van der Waals surface area contributed by atoms with E-state index in [0.29, 0.717) is 0 Å². The van der Waals surface area contributed by atoms with Gasteiger partial charge in [-0.15, -0.1) is 0 Å². The highest BCUT2D eigenvalue weighted by molar-refractivity contribution is 6.23. The highest BCUT2D eigenvalue weighted by atomic mass is 14.3. The second-order valence-electron chi connectivity index (χ2n) is 37.8. The molecule has 0 saturated carbocycles. The van der Waals surface area contributed by atoms with Gasteiger partial charge in [-0.2, -0.15) is 0 Å². The number of fused-ring (bicyclic) bond motifs is 12. The van der Waals surface area contributed by atoms with Crippen molar-refractivity contribution in [2.24, 2.45) is 0 Å². The predicted octanol–water partition coefficient (Wildman–Crippen LogP) is 40.6. The first-order valence-corrected chi connectivity index (χ1v) is 49.9. The maximum atomic E-state index is 2.35. The molecule has 0 N–H and O–H groups in total. The molecule has 0 atom stereocenters. The van der Waals surface area contributed by atoms with Crippen molar-refractivity contribution in [2.45, 2.75) is 0 Å². The Hall–Kier alpha value is -18.7. The summed E-state index contributed by atoms with van der Waals surface area (Å²) in [6.07, 6.45) is 0. The van der Waals surface area contributed by atoms with Gasteiger partial charge in [-0.25, -0.2) is 0 Å². The van der Waals surface area contributed by atoms with E-state index in [9.17, 15) is 0 Å². The predicted molar refractivity (Wildman–Crippen MR) is 620 cm³/mol. The molecule has 0 spiro atoms. The van der Waals surface area contributed by atoms with Gasteiger partial charge >= 0.3 is 0 Å². The summed E-state index contributed by atoms with van der Waals surface area (Å²) in [5.41, 5.74) is 32.2. The molecule has 0 aliphatic carbocycles. The van der Waals surface area contributed by atoms with E-state index in [-0.39, 0.29) is 0 Å². The molecule has 0 nitrogen and oxygen atoms in total. The summed E-state index contributed by atoms with van der Waals surface area (Å²) in [4.78, 5) is 0. The summed E-state index contributed by atoms with van der Waals surface area (Å²) < 4.78 is 0. The highest BCUT2D eigenvalue weighted by Gasteiger charge is 2.24. The van der Waals surface area contributed by atoms with Gasteiger partial charge < -0.3 is 0 Å². The molecule has 0 aromatic heterocycles. The number of rotatable bonds is 13. The molecule has 0 heterocycles. The molecule has 0 aliphatic rings. The van der Waals surface area contributed by atoms with Crippen molar-refractivity contribution in [3.05, 3.63) is 570 Å². The Morgan fingerprint density at radius 1 is 0.0694 bits per heavy atom. The van der Waals surface area contributed by atoms with E-state index in [1.807, 2.05) is 0 Å². The molecule has 0 amide bonds. The van der Waals surface area contributed by atoms with Gasteiger partial charge in [0.1, 0.15) is 0 Å². The number of benzene rings is 28. The lowest BCUT2D eigenvalue weighted by atomic mass is 9.84. The van der Waals surface area contributed by atoms with Crippen LogP contribution in [0.3, 0.4) is 0 Å². The number of hydrogen-bond acceptors (Lipinski definition) is 0. The molecule has 28 rings (SSSR count). The van der Waals surface area contributed by atoms with Gasteiger partial charge in [-0.05, 0) is 335 Å². The first kappa shape index (κ1) is 85.7. The van der Waals surface area contributed by atoms with Crippen molar-refractivity contribution in [1.82, 2.24) is 0 Å². The molecule has 0 bridgehead atoms. The van der Waals surface area contributed by atoms with Crippen molar-refractivity contribution in [2.75, 3.05) is 0 Å². The monoisotopic (exact) mass is 1820 g/mol. The Morgan fingerprint density at radius 2 is 0.236 bits per heavy atom. The van der Waals surface area contributed by atoms with Crippen molar-refractivity contribution in [3.63, 3.8) is 0 Å². The Labute approximate surface area is 837 Å². The van der Waals surface area contributed by atoms with Crippen molar-refractivity contribution < 1.29 is 0 Å². The summed E-state index contributed by atoms with van der Waals surface area (Å²) in [5, 5.41) is 30.4. The minimum atomic E-state index is 1.21. The van der Waals surface area contributed by atoms with E-state index in [2.05, 4.69) is 570 Å². The molecule has 28 aromatic rings. The molecule has 0 heteroatoms. The van der Waals surface area contributed by atoms with Crippen LogP contribution in [0, 0.1) is 0 Å². The Morgan fingerprint density at radius 3 is 0.479 bits per heavy atom. The third-order valence-electron chi connectivity index (χ3n) is 29.5. The van der Waals surface area contributed by atoms with Crippen LogP contribution < -0.4 is 0 Å². The Bertz CT molecular complexity index is 9090. The minimum Gasteiger partial charge on any atom is -0.0622 e. The van der Waals surface area contributed by atoms with Gasteiger partial charge in [0.25, 0.3) is 0 Å². The normalized spacial score (nSPS) is 11.5. The van der Waals surface area contributed by atoms with Crippen LogP contribution in [-0.4, -0.2) is 0 Å². The average molecular weight is 1820 g/mol. The fourth-order valence-electron chi connectivity index (χ4n) is 22.7. The van der Waals surface area contributed by atoms with E-state index in [1.54, 1.807) is 0 Å². The summed E-state index contributed by atoms with van der Waals surface area (Å²) in [7, 11) is 0. The van der Waals surface area contributed by atoms with Gasteiger partial charge in [0.05, 0.1) is 0 Å². The fourth-order valence-corrected chi connectivity index (χ4v) is 22.7. The van der Waals surface area contributed by atoms with Crippen LogP contribution in [-0.2, 0) is 0 Å². The van der Waals surface area contributed by atoms with Crippen LogP contribution in [0.15, 0.2) is 570 Å². The molecular formula is C144H94. The topological polar surface area (TPSA) is 0 Å². The van der Waals surface area contributed by atoms with E-state index in [1.165, 1.54) is 274 Å². The van der Waals surface area contributed by atoms with Crippen LogP contribution in [0.4, 0.5) is 0 Å². The molecule has 0 unspecified atom stereocenters. The SMILES string of the molecule is c1ccc(-c2cc(-c3ccccc3)cc(-c3ccc(-c4ccc(-c5cc(-c6ccccc6)cc(-c6ccccc6)c5)c5ccccc45)c4ccccc34)c2)cc1.c1ccc2c(-c3ccc(-c4ccc(-c5c6ccccc6cc6ccccc56)c5ccccc45)c4ccccc34)c3ccccc3cc2c1.c1ccc2cc(-c3ccc(-c4ccc(-c5ccc6ccccc6c5)c5ccccc45)c4ccccc34)ccc2c1. The minimum absolute atomic E-state index is 1.21. The maximum Gasteiger partial charge on any atom is -0.00206 e. The quantitative estimate of drug-likeness (QED) is 0.101. The lowest BCUT2D eigenvalue weighted by molar-refractivity contribution is 1.57. The Kier molecular flexibility index (Phi) is 22.1. The third-order valence-corrected chi connectivity index (χ3v) is 29.5. The fraction of sp³-hybridized carbons (Fsp3) is 0. The van der Waals surface area contributed by atoms with Crippen LogP contribution in [0.1, 0.15) is 0 Å². The first-order chi connectivity index (χ1) is 71.4. The second kappa shape index (κ2) is 37.2. The van der Waals surface area contributed by atoms with Gasteiger partial charge in [0, 0.05) is 0 Å². The van der Waals surface area contributed by atoms with Gasteiger partial charge in [-0.3, -0.25) is 0 Å². The number of hydrogen-bond donors (Lipinski definition) is 0. The van der Waals surface area contributed by atoms with E-state index in [4.69, 9.17) is 0 Å². The lowest BCUT2D eigenvalue weighted by Crippen LogP contribution is -1.92. The van der Waals surface area contributed by atoms with Crippen molar-refractivity contribution >= 4 is 129 Å². The summed E-state index contributed by atoms with van der Waals surface area (Å²) in [6, 6.07) is 209. The molecule has 0 saturated heterocycles. The van der Waals surface area contributed by atoms with Gasteiger partial charge in [-0.1, -0.05) is 510 Å². The van der Waals surface area contributed by atoms with Crippen LogP contribution in [0.5, 0.6) is 0 Å². The molecule has 0 fully saturated rings. The average Bonchev–Trinajstić information content (AvgIpc) is 0.722. The van der Waals surface area contributed by atoms with E-state index >= 15 is 0 Å². The van der Waals surface area contributed by atoms with Crippen LogP contribution in [0.2, 0.25) is 0 Å². The van der Waals surface area contributed by atoms with Crippen LogP contribution in [0.25, 0.3) is 274 Å². The molecule has 670 valence electrons. The van der Waals surface area contributed by atoms with Crippen molar-refractivity contribution in [1.29, 1.82) is 0 Å². The molecular weight excluding hydrogens is 1730 g/mol. The summed E-state index contributed by atoms with van der Waals surface area (Å²) in [5.74, 6) is 0. The molecule has 0 radical (unpaired) electrons. The summed E-state index contributed by atoms with van der Waals surface area (Å²) in [6.45, 7) is 0. The first-order valence-electron chi connectivity index (χ1n) is 49.9. The third kappa shape index (κ3) is 15.8. The summed E-state index contributed by atoms with van der Waals surface area (Å²) >= 11 is 0. The zero-order valence-electron chi connectivity index (χ0n) is 79.3. The van der Waals surface area contributed by atoms with Crippen LogP contribution >= 0.6 is 0 Å². The largest absolute Gasteiger partial charge is 0.0622 e. The zero-order chi connectivity index (χ0) is 95.3. The maximum absolute atomic E-state index is 2.35. The van der Waals surface area contributed by atoms with Gasteiger partial charge in [0.15, 0.2) is 0 Å². The smallest absolute Gasteiger partial charge is 0.00206 e. The lowest BCUT2D eigenvalue weighted by Gasteiger charge is -2.19. The molecule has 0 aliphatic heterocycles. The van der Waals surface area contributed by atoms with Gasteiger partial charge in [0.2, 0.25) is 0 Å². The second-order valence-corrected chi connectivity index (χ2v) is 37.8. The highest BCUT2D eigenvalue weighted by Crippen LogP contribution is 2.51. The van der Waals surface area contributed by atoms with Crippen molar-refractivity contribution in [3.8, 4) is 145 Å². The Balaban J connectivity index is 0.000000112. The molecule has 28 aromatic carbocycles. The molecule has 144 heavy (non-hydrogen) atoms. The standard InChI is InChI=1S/C56H38.C48H30.C40H26/c1-5-17-39(18-6-1)43-33-44(40-19-7-2-8-20-40)36-47(35-43)49-29-31-55(53-27-15-13-25-51(49)53)56-32-30-50(52-26-14-16-28-54(52)56)48-37-45(41-21-9-3-10-22-41)34-46(38-48)42-23-11-4-12-24-42;1-5-17-35-31(13-1)29-32-14-2-6-18-36(32)47(35)45-27-25-43(39-21-9-11-23-41(39)45)44-26-28-46(42-24-12-10-22-40(42)44)48-37-19-7-3-15-33(37)30-34-16-4-8-20-38(34)48;1-3-11-29-25-31(19-17-27(29)9-1)33-21-23-39(37-15-7-5-13-35(33)37)40-24-22-34(36-14-6-8-16-38(36)40)32-20-18-28-10-2-4-12-30(28)26-32/h1-38H;1-30H;1-26H. The van der Waals surface area contributed by atoms with E-state index in [0.717, 1.165) is 0 Å². The van der Waals surface area contributed by atoms with E-state index < -0.39 is 0 Å².